The lowest BCUT2D eigenvalue weighted by Crippen LogP contribution is -2.63. The summed E-state index contributed by atoms with van der Waals surface area (Å²) < 4.78 is 35.1. The number of aryl methyl sites for hydroxylation is 1. The quantitative estimate of drug-likeness (QED) is 0.0204. The summed E-state index contributed by atoms with van der Waals surface area (Å²) in [6.45, 7) is 15.3. The van der Waals surface area contributed by atoms with Crippen LogP contribution in [0.5, 0.6) is 28.7 Å². The van der Waals surface area contributed by atoms with E-state index in [0.717, 1.165) is 64.7 Å². The van der Waals surface area contributed by atoms with Crippen molar-refractivity contribution in [2.24, 2.45) is 16.5 Å². The number of thiazole rings is 1. The average molecular weight is 1090 g/mol. The molecule has 4 heterocycles. The second-order valence-corrected chi connectivity index (χ2v) is 23.3. The van der Waals surface area contributed by atoms with Crippen molar-refractivity contribution < 1.29 is 56.9 Å². The Balaban J connectivity index is 0.992. The van der Waals surface area contributed by atoms with Crippen LogP contribution in [0.15, 0.2) is 113 Å². The summed E-state index contributed by atoms with van der Waals surface area (Å²) in [4.78, 5) is 69.4. The van der Waals surface area contributed by atoms with Gasteiger partial charge in [-0.3, -0.25) is 19.3 Å². The zero-order valence-corrected chi connectivity index (χ0v) is 47.1. The minimum atomic E-state index is -0.727. The predicted molar refractivity (Wildman–Crippen MR) is 296 cm³/mol. The molecule has 2 atom stereocenters. The van der Waals surface area contributed by atoms with Crippen LogP contribution in [0.25, 0.3) is 0 Å². The van der Waals surface area contributed by atoms with Gasteiger partial charge in [0.25, 0.3) is 5.91 Å². The van der Waals surface area contributed by atoms with Gasteiger partial charge in [0, 0.05) is 46.9 Å². The molecule has 0 aliphatic carbocycles. The van der Waals surface area contributed by atoms with Gasteiger partial charge in [0.15, 0.2) is 23.0 Å². The number of Topliss-reactive ketones (excluding diaryl/α,β-unsaturated/α-hetero) is 1. The maximum absolute atomic E-state index is 14.5. The minimum absolute atomic E-state index is 0.0186. The van der Waals surface area contributed by atoms with Gasteiger partial charge in [0.05, 0.1) is 63.8 Å². The van der Waals surface area contributed by atoms with Gasteiger partial charge >= 0.3 is 5.97 Å². The Morgan fingerprint density at radius 3 is 1.90 bits per heavy atom. The SMILES string of the molecule is COc1ccc(COC(=O)C2=C(C[N+]3(CCNC(=O)c4ccc(OCc5ccc(OC)cc5)c(OCc5ccc(OC)cc5)c4)CCCC3)CS[C@@H]3[C@H](CC(=O)/C(=N\OC(C)(C)C(C)(C)C)c4csc(C)n4)C(=O)N23)cc1. The van der Waals surface area contributed by atoms with E-state index in [9.17, 15) is 19.2 Å². The molecule has 5 aromatic rings. The molecule has 4 aromatic carbocycles. The third-order valence-electron chi connectivity index (χ3n) is 14.8. The average Bonchev–Trinajstić information content (AvgIpc) is 4.09. The number of benzene rings is 4. The topological polar surface area (TPSA) is 173 Å². The number of hydrogen-bond donors (Lipinski definition) is 1. The standard InChI is InChI=1S/C59H69N5O11S2/c1-38-61-48(37-76-38)52(62-75-59(5,6)58(2,3)4)49(65)31-47-55(67)63-53(57(68)74-35-41-16-23-46(71-9)24-17-41)43(36-77-56(47)63)32-64(27-10-11-28-64)29-26-60-54(66)42-18-25-50(72-33-39-12-19-44(69-7)20-13-39)51(30-42)73-34-40-14-21-45(70-8)22-15-40/h12-25,30,37,47,56H,10-11,26-29,31-36H2,1-9H3/p+1/b62-52-/t47-,56-/m1/s1. The number of ketones is 1. The van der Waals surface area contributed by atoms with E-state index in [-0.39, 0.29) is 60.7 Å². The monoisotopic (exact) mass is 1090 g/mol. The highest BCUT2D eigenvalue weighted by molar-refractivity contribution is 8.00. The molecule has 8 rings (SSSR count). The Morgan fingerprint density at radius 1 is 0.779 bits per heavy atom. The van der Waals surface area contributed by atoms with E-state index >= 15 is 0 Å². The molecule has 2 amide bonds. The smallest absolute Gasteiger partial charge is 0.355 e. The van der Waals surface area contributed by atoms with Gasteiger partial charge in [0.2, 0.25) is 5.91 Å². The first-order chi connectivity index (χ1) is 36.9. The first kappa shape index (κ1) is 56.3. The van der Waals surface area contributed by atoms with Crippen molar-refractivity contribution in [3.8, 4) is 28.7 Å². The van der Waals surface area contributed by atoms with Gasteiger partial charge in [-0.05, 0) is 92.1 Å². The van der Waals surface area contributed by atoms with E-state index < -0.39 is 22.9 Å². The van der Waals surface area contributed by atoms with Crippen LogP contribution >= 0.6 is 23.1 Å². The fraction of sp³-hybridized carbons (Fsp3) is 0.424. The maximum Gasteiger partial charge on any atom is 0.355 e. The number of oxime groups is 1. The number of fused-ring (bicyclic) bond motifs is 1. The van der Waals surface area contributed by atoms with E-state index in [1.165, 1.54) is 16.2 Å². The second-order valence-electron chi connectivity index (χ2n) is 21.1. The maximum atomic E-state index is 14.5. The van der Waals surface area contributed by atoms with Crippen LogP contribution in [-0.2, 0) is 43.8 Å². The molecule has 0 spiro atoms. The highest BCUT2D eigenvalue weighted by Crippen LogP contribution is 2.46. The van der Waals surface area contributed by atoms with Crippen molar-refractivity contribution in [3.63, 3.8) is 0 Å². The number of ether oxygens (including phenoxy) is 6. The number of thioether (sulfide) groups is 1. The molecule has 77 heavy (non-hydrogen) atoms. The van der Waals surface area contributed by atoms with E-state index in [1.54, 1.807) is 68.8 Å². The lowest BCUT2D eigenvalue weighted by atomic mass is 9.79. The number of esters is 1. The number of nitrogens with one attached hydrogen (secondary N) is 1. The number of methoxy groups -OCH3 is 3. The number of hydrogen-bond acceptors (Lipinski definition) is 15. The second kappa shape index (κ2) is 24.6. The number of aromatic nitrogens is 1. The van der Waals surface area contributed by atoms with Crippen molar-refractivity contribution in [1.82, 2.24) is 15.2 Å². The summed E-state index contributed by atoms with van der Waals surface area (Å²) in [5.41, 5.74) is 3.45. The fourth-order valence-corrected chi connectivity index (χ4v) is 11.2. The Hall–Kier alpha value is -6.89. The number of likely N-dealkylation sites (tertiary alicyclic amines) is 1. The molecule has 0 radical (unpaired) electrons. The molecule has 0 bridgehead atoms. The van der Waals surface area contributed by atoms with Crippen LogP contribution in [0, 0.1) is 18.3 Å². The Bertz CT molecular complexity index is 2960. The van der Waals surface area contributed by atoms with Crippen molar-refractivity contribution in [2.75, 3.05) is 59.8 Å². The minimum Gasteiger partial charge on any atom is -0.497 e. The largest absolute Gasteiger partial charge is 0.497 e. The molecule has 1 N–H and O–H groups in total. The number of nitrogens with zero attached hydrogens (tertiary/aromatic N) is 4. The predicted octanol–water partition coefficient (Wildman–Crippen LogP) is 9.71. The van der Waals surface area contributed by atoms with E-state index in [0.29, 0.717) is 58.4 Å². The molecule has 2 fully saturated rings. The van der Waals surface area contributed by atoms with Crippen LogP contribution in [-0.4, -0.2) is 114 Å². The molecule has 18 heteroatoms. The van der Waals surface area contributed by atoms with Crippen molar-refractivity contribution >= 4 is 52.4 Å². The van der Waals surface area contributed by atoms with Gasteiger partial charge in [-0.2, -0.15) is 0 Å². The van der Waals surface area contributed by atoms with Crippen LogP contribution in [0.1, 0.15) is 91.6 Å². The van der Waals surface area contributed by atoms with Crippen molar-refractivity contribution in [1.29, 1.82) is 0 Å². The summed E-state index contributed by atoms with van der Waals surface area (Å²) >= 11 is 2.94. The molecule has 1 aromatic heterocycles. The molecule has 3 aliphatic rings. The Morgan fingerprint density at radius 2 is 1.35 bits per heavy atom. The number of carbonyl (C=O) groups is 4. The van der Waals surface area contributed by atoms with Gasteiger partial charge < -0.3 is 43.1 Å². The van der Waals surface area contributed by atoms with E-state index in [1.807, 2.05) is 102 Å². The first-order valence-electron chi connectivity index (χ1n) is 25.9. The first-order valence-corrected chi connectivity index (χ1v) is 27.8. The summed E-state index contributed by atoms with van der Waals surface area (Å²) in [6, 6.07) is 27.6. The Kier molecular flexibility index (Phi) is 18.0. The van der Waals surface area contributed by atoms with Crippen molar-refractivity contribution in [3.05, 3.63) is 141 Å². The molecule has 408 valence electrons. The highest BCUT2D eigenvalue weighted by Gasteiger charge is 2.55. The molecular formula is C59H70N5O11S2+. The van der Waals surface area contributed by atoms with Gasteiger partial charge in [-0.15, -0.1) is 23.1 Å². The van der Waals surface area contributed by atoms with Crippen LogP contribution < -0.4 is 29.0 Å². The zero-order valence-electron chi connectivity index (χ0n) is 45.5. The summed E-state index contributed by atoms with van der Waals surface area (Å²) in [5, 5.41) is 9.62. The number of rotatable bonds is 24. The lowest BCUT2D eigenvalue weighted by Gasteiger charge is -2.50. The Labute approximate surface area is 459 Å². The van der Waals surface area contributed by atoms with Gasteiger partial charge in [-0.1, -0.05) is 62.3 Å². The summed E-state index contributed by atoms with van der Waals surface area (Å²) in [7, 11) is 4.83. The third-order valence-corrected chi connectivity index (χ3v) is 17.0. The highest BCUT2D eigenvalue weighted by atomic mass is 32.2. The normalized spacial score (nSPS) is 17.2. The molecule has 0 saturated carbocycles. The fourth-order valence-electron chi connectivity index (χ4n) is 9.20. The summed E-state index contributed by atoms with van der Waals surface area (Å²) in [6.07, 6.45) is 1.79. The molecule has 16 nitrogen and oxygen atoms in total. The van der Waals surface area contributed by atoms with Crippen molar-refractivity contribution in [2.45, 2.75) is 91.6 Å². The number of amides is 2. The van der Waals surface area contributed by atoms with Crippen LogP contribution in [0.4, 0.5) is 0 Å². The number of carbonyl (C=O) groups excluding carboxylic acids is 4. The molecular weight excluding hydrogens is 1020 g/mol. The van der Waals surface area contributed by atoms with Gasteiger partial charge in [-0.25, -0.2) is 9.78 Å². The summed E-state index contributed by atoms with van der Waals surface area (Å²) in [5.74, 6) is 1.20. The number of β-lactam (4-membered cyclic amide) rings is 1. The lowest BCUT2D eigenvalue weighted by molar-refractivity contribution is -0.911. The van der Waals surface area contributed by atoms with E-state index in [2.05, 4.69) is 15.5 Å². The van der Waals surface area contributed by atoms with Crippen LogP contribution in [0.2, 0.25) is 0 Å². The number of quaternary nitrogens is 1. The molecule has 3 aliphatic heterocycles. The molecule has 2 saturated heterocycles. The zero-order chi connectivity index (χ0) is 54.9. The molecule has 0 unspecified atom stereocenters. The van der Waals surface area contributed by atoms with Crippen LogP contribution in [0.3, 0.4) is 0 Å². The van der Waals surface area contributed by atoms with E-state index in [4.69, 9.17) is 33.3 Å². The van der Waals surface area contributed by atoms with Gasteiger partial charge in [0.1, 0.15) is 60.6 Å². The third kappa shape index (κ3) is 13.6.